The fraction of sp³-hybridized carbons (Fsp3) is 0.867. The van der Waals surface area contributed by atoms with Crippen LogP contribution in [0.1, 0.15) is 46.0 Å². The Kier molecular flexibility index (Phi) is 12.5. The lowest BCUT2D eigenvalue weighted by molar-refractivity contribution is -0.142. The monoisotopic (exact) mass is 318 g/mol. The van der Waals surface area contributed by atoms with Crippen LogP contribution in [0.3, 0.4) is 0 Å². The highest BCUT2D eigenvalue weighted by Gasteiger charge is 2.20. The summed E-state index contributed by atoms with van der Waals surface area (Å²) in [5, 5.41) is 11.8. The Labute approximate surface area is 132 Å². The predicted molar refractivity (Wildman–Crippen MR) is 88.8 cm³/mol. The first kappa shape index (κ1) is 20.2. The minimum Gasteiger partial charge on any atom is -0.480 e. The summed E-state index contributed by atoms with van der Waals surface area (Å²) in [6.07, 6.45) is 6.70. The van der Waals surface area contributed by atoms with Gasteiger partial charge in [0.1, 0.15) is 6.04 Å². The quantitative estimate of drug-likeness (QED) is 0.545. The van der Waals surface area contributed by atoms with Crippen molar-refractivity contribution in [3.8, 4) is 0 Å². The van der Waals surface area contributed by atoms with E-state index < -0.39 is 12.0 Å². The van der Waals surface area contributed by atoms with E-state index in [2.05, 4.69) is 24.1 Å². The lowest BCUT2D eigenvalue weighted by Crippen LogP contribution is -2.46. The standard InChI is InChI=1S/C15H30N2O3S/c1-4-6-9-17(10-7-5-2)12-14(18)16-13(15(19)20)8-11-21-3/h13H,4-12H2,1-3H3,(H,16,18)(H,19,20). The van der Waals surface area contributed by atoms with Gasteiger partial charge in [0.25, 0.3) is 0 Å². The fourth-order valence-corrected chi connectivity index (χ4v) is 2.44. The first-order valence-electron chi connectivity index (χ1n) is 7.78. The molecule has 1 atom stereocenters. The topological polar surface area (TPSA) is 69.6 Å². The molecule has 0 heterocycles. The zero-order valence-electron chi connectivity index (χ0n) is 13.6. The maximum absolute atomic E-state index is 12.0. The minimum atomic E-state index is -0.953. The first-order valence-corrected chi connectivity index (χ1v) is 9.17. The Hall–Kier alpha value is -0.750. The van der Waals surface area contributed by atoms with Crippen molar-refractivity contribution in [2.45, 2.75) is 52.0 Å². The number of carboxylic acids is 1. The van der Waals surface area contributed by atoms with Gasteiger partial charge in [-0.05, 0) is 44.4 Å². The second kappa shape index (κ2) is 13.0. The first-order chi connectivity index (χ1) is 10.0. The Bertz CT molecular complexity index is 293. The van der Waals surface area contributed by atoms with Gasteiger partial charge in [0.05, 0.1) is 6.54 Å². The molecule has 1 unspecified atom stereocenters. The molecule has 6 heteroatoms. The van der Waals surface area contributed by atoms with Crippen LogP contribution >= 0.6 is 11.8 Å². The van der Waals surface area contributed by atoms with E-state index in [1.165, 1.54) is 0 Å². The van der Waals surface area contributed by atoms with Gasteiger partial charge in [-0.2, -0.15) is 11.8 Å². The number of rotatable bonds is 13. The average molecular weight is 318 g/mol. The lowest BCUT2D eigenvalue weighted by atomic mass is 10.2. The SMILES string of the molecule is CCCCN(CCCC)CC(=O)NC(CCSC)C(=O)O. The number of carboxylic acid groups (broad SMARTS) is 1. The molecule has 0 saturated carbocycles. The van der Waals surface area contributed by atoms with Crippen LogP contribution in [0.5, 0.6) is 0 Å². The molecule has 2 N–H and O–H groups in total. The van der Waals surface area contributed by atoms with E-state index in [0.717, 1.165) is 44.5 Å². The van der Waals surface area contributed by atoms with Crippen LogP contribution in [0.15, 0.2) is 0 Å². The molecule has 0 aromatic heterocycles. The molecule has 0 aliphatic heterocycles. The van der Waals surface area contributed by atoms with Crippen LogP contribution in [0.25, 0.3) is 0 Å². The molecular formula is C15H30N2O3S. The van der Waals surface area contributed by atoms with E-state index in [-0.39, 0.29) is 5.91 Å². The van der Waals surface area contributed by atoms with E-state index in [1.54, 1.807) is 11.8 Å². The van der Waals surface area contributed by atoms with Crippen LogP contribution in [-0.4, -0.2) is 59.6 Å². The van der Waals surface area contributed by atoms with E-state index in [1.807, 2.05) is 6.26 Å². The summed E-state index contributed by atoms with van der Waals surface area (Å²) < 4.78 is 0. The molecular weight excluding hydrogens is 288 g/mol. The highest BCUT2D eigenvalue weighted by Crippen LogP contribution is 2.02. The van der Waals surface area contributed by atoms with Crippen molar-refractivity contribution in [1.29, 1.82) is 0 Å². The molecule has 0 radical (unpaired) electrons. The van der Waals surface area contributed by atoms with Crippen molar-refractivity contribution >= 4 is 23.6 Å². The van der Waals surface area contributed by atoms with Crippen molar-refractivity contribution in [2.75, 3.05) is 31.6 Å². The molecule has 5 nitrogen and oxygen atoms in total. The predicted octanol–water partition coefficient (Wildman–Crippen LogP) is 2.21. The Morgan fingerprint density at radius 1 is 1.19 bits per heavy atom. The number of amides is 1. The van der Waals surface area contributed by atoms with Crippen LogP contribution in [0.2, 0.25) is 0 Å². The third-order valence-corrected chi connectivity index (χ3v) is 3.91. The van der Waals surface area contributed by atoms with Crippen molar-refractivity contribution in [2.24, 2.45) is 0 Å². The highest BCUT2D eigenvalue weighted by molar-refractivity contribution is 7.98. The number of hydrogen-bond donors (Lipinski definition) is 2. The smallest absolute Gasteiger partial charge is 0.326 e. The third-order valence-electron chi connectivity index (χ3n) is 3.27. The molecule has 124 valence electrons. The summed E-state index contributed by atoms with van der Waals surface area (Å²) in [7, 11) is 0. The maximum atomic E-state index is 12.0. The largest absolute Gasteiger partial charge is 0.480 e. The van der Waals surface area contributed by atoms with Gasteiger partial charge >= 0.3 is 5.97 Å². The number of thioether (sulfide) groups is 1. The molecule has 21 heavy (non-hydrogen) atoms. The second-order valence-corrected chi connectivity index (χ2v) is 6.21. The molecule has 0 bridgehead atoms. The van der Waals surface area contributed by atoms with E-state index in [4.69, 9.17) is 5.11 Å². The Morgan fingerprint density at radius 2 is 1.76 bits per heavy atom. The summed E-state index contributed by atoms with van der Waals surface area (Å²) in [6.45, 7) is 6.34. The van der Waals surface area contributed by atoms with Gasteiger partial charge in [-0.15, -0.1) is 0 Å². The molecule has 0 saturated heterocycles. The van der Waals surface area contributed by atoms with Gasteiger partial charge in [0.2, 0.25) is 5.91 Å². The molecule has 0 rings (SSSR count). The van der Waals surface area contributed by atoms with E-state index >= 15 is 0 Å². The van der Waals surface area contributed by atoms with E-state index in [0.29, 0.717) is 13.0 Å². The van der Waals surface area contributed by atoms with E-state index in [9.17, 15) is 9.59 Å². The molecule has 0 aromatic rings. The van der Waals surface area contributed by atoms with Crippen LogP contribution in [0.4, 0.5) is 0 Å². The van der Waals surface area contributed by atoms with Gasteiger partial charge in [-0.3, -0.25) is 9.69 Å². The molecule has 0 spiro atoms. The number of nitrogens with one attached hydrogen (secondary N) is 1. The lowest BCUT2D eigenvalue weighted by Gasteiger charge is -2.22. The van der Waals surface area contributed by atoms with Crippen molar-refractivity contribution in [3.63, 3.8) is 0 Å². The Morgan fingerprint density at radius 3 is 2.19 bits per heavy atom. The van der Waals surface area contributed by atoms with Gasteiger partial charge in [-0.1, -0.05) is 26.7 Å². The van der Waals surface area contributed by atoms with Crippen molar-refractivity contribution < 1.29 is 14.7 Å². The summed E-state index contributed by atoms with van der Waals surface area (Å²) in [5.41, 5.74) is 0. The number of aliphatic carboxylic acids is 1. The van der Waals surface area contributed by atoms with Crippen LogP contribution < -0.4 is 5.32 Å². The van der Waals surface area contributed by atoms with Gasteiger partial charge in [0.15, 0.2) is 0 Å². The summed E-state index contributed by atoms with van der Waals surface area (Å²) >= 11 is 1.59. The number of carbonyl (C=O) groups is 2. The van der Waals surface area contributed by atoms with Crippen LogP contribution in [0, 0.1) is 0 Å². The maximum Gasteiger partial charge on any atom is 0.326 e. The second-order valence-electron chi connectivity index (χ2n) is 5.22. The molecule has 1 amide bonds. The van der Waals surface area contributed by atoms with Crippen molar-refractivity contribution in [3.05, 3.63) is 0 Å². The summed E-state index contributed by atoms with van der Waals surface area (Å²) in [6, 6.07) is -0.774. The number of hydrogen-bond acceptors (Lipinski definition) is 4. The molecule has 0 aliphatic rings. The molecule has 0 aromatic carbocycles. The normalized spacial score (nSPS) is 12.4. The highest BCUT2D eigenvalue weighted by atomic mass is 32.2. The number of nitrogens with zero attached hydrogens (tertiary/aromatic N) is 1. The third kappa shape index (κ3) is 10.6. The zero-order valence-corrected chi connectivity index (χ0v) is 14.4. The van der Waals surface area contributed by atoms with Gasteiger partial charge in [-0.25, -0.2) is 4.79 Å². The zero-order chi connectivity index (χ0) is 16.1. The summed E-state index contributed by atoms with van der Waals surface area (Å²) in [5.74, 6) is -0.408. The summed E-state index contributed by atoms with van der Waals surface area (Å²) in [4.78, 5) is 25.3. The van der Waals surface area contributed by atoms with Gasteiger partial charge in [0, 0.05) is 0 Å². The van der Waals surface area contributed by atoms with Crippen LogP contribution in [-0.2, 0) is 9.59 Å². The average Bonchev–Trinajstić information content (AvgIpc) is 2.45. The minimum absolute atomic E-state index is 0.185. The Balaban J connectivity index is 4.32. The van der Waals surface area contributed by atoms with Crippen molar-refractivity contribution in [1.82, 2.24) is 10.2 Å². The fourth-order valence-electron chi connectivity index (χ4n) is 1.97. The number of carbonyl (C=O) groups excluding carboxylic acids is 1. The van der Waals surface area contributed by atoms with Gasteiger partial charge < -0.3 is 10.4 Å². The number of unbranched alkanes of at least 4 members (excludes halogenated alkanes) is 2. The molecule has 0 aliphatic carbocycles. The molecule has 0 fully saturated rings.